The first-order valence-electron chi connectivity index (χ1n) is 9.46. The molecule has 7 heteroatoms. The standard InChI is InChI=1S/C22H22N2O4S/c1-14(2)23-22-24(16-6-4-3-5-7-16)21(26)20(29-22)11-15-8-9-18-19(10-15)28-17(12-25)13-27-18/h3-11,14,17,25H,12-13H2,1-2H3. The Morgan fingerprint density at radius 2 is 2.03 bits per heavy atom. The second-order valence-electron chi connectivity index (χ2n) is 7.03. The molecule has 29 heavy (non-hydrogen) atoms. The van der Waals surface area contributed by atoms with E-state index in [9.17, 15) is 9.90 Å². The van der Waals surface area contributed by atoms with Crippen LogP contribution in [0, 0.1) is 0 Å². The Bertz CT molecular complexity index is 972. The number of anilines is 1. The molecule has 150 valence electrons. The van der Waals surface area contributed by atoms with Gasteiger partial charge in [0.1, 0.15) is 6.61 Å². The maximum atomic E-state index is 13.2. The molecule has 1 saturated heterocycles. The van der Waals surface area contributed by atoms with E-state index < -0.39 is 0 Å². The van der Waals surface area contributed by atoms with Crippen molar-refractivity contribution in [3.05, 3.63) is 59.0 Å². The van der Waals surface area contributed by atoms with Crippen molar-refractivity contribution in [3.63, 3.8) is 0 Å². The van der Waals surface area contributed by atoms with Crippen LogP contribution in [0.2, 0.25) is 0 Å². The summed E-state index contributed by atoms with van der Waals surface area (Å²) in [5, 5.41) is 9.97. The number of carbonyl (C=O) groups excluding carboxylic acids is 1. The topological polar surface area (TPSA) is 71.4 Å². The number of fused-ring (bicyclic) bond motifs is 1. The van der Waals surface area contributed by atoms with Gasteiger partial charge in [0, 0.05) is 6.04 Å². The van der Waals surface area contributed by atoms with Crippen LogP contribution in [0.15, 0.2) is 58.4 Å². The van der Waals surface area contributed by atoms with Gasteiger partial charge in [-0.25, -0.2) is 0 Å². The summed E-state index contributed by atoms with van der Waals surface area (Å²) < 4.78 is 11.4. The fourth-order valence-corrected chi connectivity index (χ4v) is 4.16. The summed E-state index contributed by atoms with van der Waals surface area (Å²) in [5.41, 5.74) is 1.61. The molecule has 2 aromatic carbocycles. The maximum Gasteiger partial charge on any atom is 0.271 e. The Labute approximate surface area is 173 Å². The molecule has 1 fully saturated rings. The molecule has 2 heterocycles. The first kappa shape index (κ1) is 19.5. The largest absolute Gasteiger partial charge is 0.486 e. The van der Waals surface area contributed by atoms with Gasteiger partial charge in [0.05, 0.1) is 17.2 Å². The second kappa shape index (κ2) is 8.31. The molecular weight excluding hydrogens is 388 g/mol. The number of para-hydroxylation sites is 1. The van der Waals surface area contributed by atoms with Gasteiger partial charge in [-0.3, -0.25) is 14.7 Å². The van der Waals surface area contributed by atoms with Crippen molar-refractivity contribution in [3.8, 4) is 11.5 Å². The van der Waals surface area contributed by atoms with E-state index in [4.69, 9.17) is 9.47 Å². The van der Waals surface area contributed by atoms with E-state index in [1.807, 2.05) is 68.5 Å². The van der Waals surface area contributed by atoms with E-state index in [1.54, 1.807) is 4.90 Å². The average Bonchev–Trinajstić information content (AvgIpc) is 3.02. The highest BCUT2D eigenvalue weighted by Gasteiger charge is 2.34. The lowest BCUT2D eigenvalue weighted by Crippen LogP contribution is -2.32. The predicted molar refractivity (Wildman–Crippen MR) is 116 cm³/mol. The molecule has 0 saturated carbocycles. The molecule has 2 aliphatic heterocycles. The van der Waals surface area contributed by atoms with Crippen LogP contribution in [0.5, 0.6) is 11.5 Å². The minimum Gasteiger partial charge on any atom is -0.486 e. The van der Waals surface area contributed by atoms with Gasteiger partial charge < -0.3 is 14.6 Å². The molecule has 0 aliphatic carbocycles. The number of ether oxygens (including phenoxy) is 2. The molecule has 6 nitrogen and oxygen atoms in total. The Morgan fingerprint density at radius 3 is 2.76 bits per heavy atom. The molecule has 1 atom stereocenters. The molecule has 0 spiro atoms. The quantitative estimate of drug-likeness (QED) is 0.778. The summed E-state index contributed by atoms with van der Waals surface area (Å²) in [4.78, 5) is 20.0. The maximum absolute atomic E-state index is 13.2. The normalized spacial score (nSPS) is 21.4. The lowest BCUT2D eigenvalue weighted by Gasteiger charge is -2.25. The third-order valence-corrected chi connectivity index (χ3v) is 5.36. The highest BCUT2D eigenvalue weighted by atomic mass is 32.2. The van der Waals surface area contributed by atoms with E-state index in [0.717, 1.165) is 11.3 Å². The van der Waals surface area contributed by atoms with Crippen molar-refractivity contribution in [2.45, 2.75) is 26.0 Å². The number of thioether (sulfide) groups is 1. The van der Waals surface area contributed by atoms with E-state index in [0.29, 0.717) is 28.2 Å². The number of aliphatic hydroxyl groups excluding tert-OH is 1. The van der Waals surface area contributed by atoms with Crippen LogP contribution in [-0.4, -0.2) is 41.5 Å². The second-order valence-corrected chi connectivity index (χ2v) is 8.04. The van der Waals surface area contributed by atoms with Crippen molar-refractivity contribution >= 4 is 34.6 Å². The number of amides is 1. The Hall–Kier alpha value is -2.77. The summed E-state index contributed by atoms with van der Waals surface area (Å²) in [6.07, 6.45) is 1.45. The summed E-state index contributed by atoms with van der Waals surface area (Å²) in [6, 6.07) is 15.1. The highest BCUT2D eigenvalue weighted by molar-refractivity contribution is 8.19. The number of carbonyl (C=O) groups is 1. The van der Waals surface area contributed by atoms with Crippen molar-refractivity contribution in [2.75, 3.05) is 18.1 Å². The minimum absolute atomic E-state index is 0.0700. The van der Waals surface area contributed by atoms with Crippen molar-refractivity contribution in [2.24, 2.45) is 4.99 Å². The van der Waals surface area contributed by atoms with E-state index in [2.05, 4.69) is 4.99 Å². The molecule has 0 bridgehead atoms. The van der Waals surface area contributed by atoms with Crippen LogP contribution in [0.1, 0.15) is 19.4 Å². The monoisotopic (exact) mass is 410 g/mol. The molecular formula is C22H22N2O4S. The number of aliphatic imine (C=N–C) groups is 1. The van der Waals surface area contributed by atoms with Gasteiger partial charge >= 0.3 is 0 Å². The SMILES string of the molecule is CC(C)N=C1SC(=Cc2ccc3c(c2)OC(CO)CO3)C(=O)N1c1ccccc1. The first-order chi connectivity index (χ1) is 14.0. The number of nitrogens with zero attached hydrogens (tertiary/aromatic N) is 2. The third kappa shape index (κ3) is 4.16. The number of rotatable bonds is 4. The van der Waals surface area contributed by atoms with E-state index in [-0.39, 0.29) is 24.7 Å². The summed E-state index contributed by atoms with van der Waals surface area (Å²) in [7, 11) is 0. The number of hydrogen-bond donors (Lipinski definition) is 1. The zero-order chi connectivity index (χ0) is 20.4. The van der Waals surface area contributed by atoms with Gasteiger partial charge in [-0.15, -0.1) is 0 Å². The molecule has 0 aromatic heterocycles. The Balaban J connectivity index is 1.67. The summed E-state index contributed by atoms with van der Waals surface area (Å²) >= 11 is 1.36. The van der Waals surface area contributed by atoms with Gasteiger partial charge in [0.2, 0.25) is 0 Å². The fourth-order valence-electron chi connectivity index (χ4n) is 3.05. The highest BCUT2D eigenvalue weighted by Crippen LogP contribution is 2.38. The van der Waals surface area contributed by atoms with Crippen LogP contribution in [0.3, 0.4) is 0 Å². The summed E-state index contributed by atoms with van der Waals surface area (Å²) in [5.74, 6) is 1.09. The Kier molecular flexibility index (Phi) is 5.60. The molecule has 1 N–H and O–H groups in total. The van der Waals surface area contributed by atoms with Gasteiger partial charge in [-0.1, -0.05) is 24.3 Å². The van der Waals surface area contributed by atoms with Crippen LogP contribution in [-0.2, 0) is 4.79 Å². The van der Waals surface area contributed by atoms with Gasteiger partial charge in [-0.2, -0.15) is 0 Å². The van der Waals surface area contributed by atoms with Crippen LogP contribution in [0.25, 0.3) is 6.08 Å². The van der Waals surface area contributed by atoms with Gasteiger partial charge in [0.25, 0.3) is 5.91 Å². The fraction of sp³-hybridized carbons (Fsp3) is 0.273. The molecule has 2 aliphatic rings. The molecule has 2 aromatic rings. The lowest BCUT2D eigenvalue weighted by atomic mass is 10.1. The Morgan fingerprint density at radius 1 is 1.24 bits per heavy atom. The van der Waals surface area contributed by atoms with Crippen molar-refractivity contribution in [1.29, 1.82) is 0 Å². The van der Waals surface area contributed by atoms with Crippen LogP contribution >= 0.6 is 11.8 Å². The van der Waals surface area contributed by atoms with E-state index in [1.165, 1.54) is 11.8 Å². The molecule has 4 rings (SSSR count). The predicted octanol–water partition coefficient (Wildman–Crippen LogP) is 3.70. The number of aliphatic hydroxyl groups is 1. The minimum atomic E-state index is -0.383. The first-order valence-corrected chi connectivity index (χ1v) is 10.3. The summed E-state index contributed by atoms with van der Waals surface area (Å²) in [6.45, 7) is 4.18. The number of hydrogen-bond acceptors (Lipinski definition) is 6. The number of amidine groups is 1. The number of benzene rings is 2. The van der Waals surface area contributed by atoms with Crippen LogP contribution in [0.4, 0.5) is 5.69 Å². The molecule has 1 amide bonds. The van der Waals surface area contributed by atoms with Crippen molar-refractivity contribution < 1.29 is 19.4 Å². The average molecular weight is 410 g/mol. The van der Waals surface area contributed by atoms with Gasteiger partial charge in [0.15, 0.2) is 22.8 Å². The molecule has 1 unspecified atom stereocenters. The van der Waals surface area contributed by atoms with E-state index >= 15 is 0 Å². The zero-order valence-electron chi connectivity index (χ0n) is 16.2. The van der Waals surface area contributed by atoms with Gasteiger partial charge in [-0.05, 0) is 61.5 Å². The molecule has 0 radical (unpaired) electrons. The zero-order valence-corrected chi connectivity index (χ0v) is 17.1. The van der Waals surface area contributed by atoms with Crippen molar-refractivity contribution in [1.82, 2.24) is 0 Å². The van der Waals surface area contributed by atoms with Crippen LogP contribution < -0.4 is 14.4 Å². The third-order valence-electron chi connectivity index (χ3n) is 4.38. The smallest absolute Gasteiger partial charge is 0.271 e. The lowest BCUT2D eigenvalue weighted by molar-refractivity contribution is -0.113.